The highest BCUT2D eigenvalue weighted by atomic mass is 19.4. The van der Waals surface area contributed by atoms with Crippen molar-refractivity contribution in [2.45, 2.75) is 52.1 Å². The molecule has 0 aliphatic carbocycles. The molecule has 162 valence electrons. The third-order valence-corrected chi connectivity index (χ3v) is 4.56. The number of alkyl halides is 3. The van der Waals surface area contributed by atoms with Gasteiger partial charge < -0.3 is 15.2 Å². The number of nitrogens with zero attached hydrogens (tertiary/aromatic N) is 3. The molecule has 1 amide bonds. The normalized spacial score (nSPS) is 12.3. The van der Waals surface area contributed by atoms with Crippen LogP contribution in [0, 0.1) is 25.2 Å². The summed E-state index contributed by atoms with van der Waals surface area (Å²) in [6.07, 6.45) is -4.84. The second kappa shape index (κ2) is 10.1. The van der Waals surface area contributed by atoms with Gasteiger partial charge in [-0.3, -0.25) is 9.48 Å². The lowest BCUT2D eigenvalue weighted by Gasteiger charge is -2.14. The number of carbonyl (C=O) groups is 1. The summed E-state index contributed by atoms with van der Waals surface area (Å²) in [6, 6.07) is 6.88. The Morgan fingerprint density at radius 3 is 2.60 bits per heavy atom. The van der Waals surface area contributed by atoms with E-state index in [2.05, 4.69) is 21.2 Å². The molecule has 0 spiro atoms. The van der Waals surface area contributed by atoms with Gasteiger partial charge in [0.05, 0.1) is 30.8 Å². The summed E-state index contributed by atoms with van der Waals surface area (Å²) in [7, 11) is 0. The minimum absolute atomic E-state index is 0.0717. The van der Waals surface area contributed by atoms with E-state index in [1.165, 1.54) is 12.1 Å². The Hall–Kier alpha value is -3.06. The molecule has 1 heterocycles. The van der Waals surface area contributed by atoms with E-state index in [1.807, 2.05) is 13.8 Å². The minimum Gasteiger partial charge on any atom is -0.406 e. The zero-order valence-electron chi connectivity index (χ0n) is 16.7. The number of aliphatic hydroxyl groups excluding tert-OH is 1. The fourth-order valence-corrected chi connectivity index (χ4v) is 3.02. The van der Waals surface area contributed by atoms with Gasteiger partial charge in [0, 0.05) is 18.7 Å². The number of hydrogen-bond acceptors (Lipinski definition) is 5. The smallest absolute Gasteiger partial charge is 0.406 e. The van der Waals surface area contributed by atoms with E-state index in [-0.39, 0.29) is 24.6 Å². The molecule has 2 rings (SSSR count). The average molecular weight is 424 g/mol. The first-order chi connectivity index (χ1) is 14.1. The molecule has 2 N–H and O–H groups in total. The Morgan fingerprint density at radius 1 is 1.33 bits per heavy atom. The number of rotatable bonds is 9. The largest absolute Gasteiger partial charge is 0.573 e. The van der Waals surface area contributed by atoms with E-state index in [1.54, 1.807) is 4.68 Å². The fourth-order valence-electron chi connectivity index (χ4n) is 3.02. The molecule has 0 aliphatic rings. The quantitative estimate of drug-likeness (QED) is 0.644. The van der Waals surface area contributed by atoms with Crippen molar-refractivity contribution < 1.29 is 27.8 Å². The number of ether oxygens (including phenoxy) is 1. The van der Waals surface area contributed by atoms with Crippen molar-refractivity contribution in [3.8, 4) is 11.8 Å². The Labute approximate surface area is 172 Å². The number of aliphatic hydroxyl groups is 1. The van der Waals surface area contributed by atoms with E-state index < -0.39 is 12.5 Å². The highest BCUT2D eigenvalue weighted by Gasteiger charge is 2.31. The minimum atomic E-state index is -4.78. The topological polar surface area (TPSA) is 100 Å². The molecular formula is C20H23F3N4O3. The SMILES string of the molecule is Cc1nn(CCC#N)c(C)c1CCC(=O)NCC(O)c1ccc(OC(F)(F)F)cc1. The van der Waals surface area contributed by atoms with Crippen LogP contribution in [0.4, 0.5) is 13.2 Å². The van der Waals surface area contributed by atoms with Gasteiger partial charge in [-0.2, -0.15) is 10.4 Å². The van der Waals surface area contributed by atoms with Gasteiger partial charge in [0.2, 0.25) is 5.91 Å². The van der Waals surface area contributed by atoms with Gasteiger partial charge in [0.1, 0.15) is 5.75 Å². The van der Waals surface area contributed by atoms with Crippen LogP contribution in [0.15, 0.2) is 24.3 Å². The lowest BCUT2D eigenvalue weighted by Crippen LogP contribution is -2.28. The molecule has 0 fully saturated rings. The van der Waals surface area contributed by atoms with E-state index in [0.29, 0.717) is 24.9 Å². The second-order valence-corrected chi connectivity index (χ2v) is 6.72. The number of benzene rings is 1. The van der Waals surface area contributed by atoms with Crippen LogP contribution in [0.3, 0.4) is 0 Å². The summed E-state index contributed by atoms with van der Waals surface area (Å²) in [4.78, 5) is 12.1. The number of amides is 1. The van der Waals surface area contributed by atoms with Gasteiger partial charge in [-0.15, -0.1) is 13.2 Å². The Balaban J connectivity index is 1.83. The second-order valence-electron chi connectivity index (χ2n) is 6.72. The molecule has 0 radical (unpaired) electrons. The number of hydrogen-bond donors (Lipinski definition) is 2. The highest BCUT2D eigenvalue weighted by molar-refractivity contribution is 5.76. The van der Waals surface area contributed by atoms with Crippen LogP contribution in [0.2, 0.25) is 0 Å². The third-order valence-electron chi connectivity index (χ3n) is 4.56. The van der Waals surface area contributed by atoms with Crippen LogP contribution in [-0.2, 0) is 17.8 Å². The Morgan fingerprint density at radius 2 is 2.00 bits per heavy atom. The summed E-state index contributed by atoms with van der Waals surface area (Å²) in [5, 5.41) is 25.8. The average Bonchev–Trinajstić information content (AvgIpc) is 2.95. The van der Waals surface area contributed by atoms with Crippen LogP contribution >= 0.6 is 0 Å². The van der Waals surface area contributed by atoms with Crippen LogP contribution in [0.5, 0.6) is 5.75 Å². The molecule has 1 atom stereocenters. The Kier molecular flexibility index (Phi) is 7.83. The predicted octanol–water partition coefficient (Wildman–Crippen LogP) is 3.09. The van der Waals surface area contributed by atoms with Gasteiger partial charge in [0.15, 0.2) is 0 Å². The maximum atomic E-state index is 12.2. The summed E-state index contributed by atoms with van der Waals surface area (Å²) in [6.45, 7) is 4.16. The van der Waals surface area contributed by atoms with Crippen LogP contribution in [0.25, 0.3) is 0 Å². The summed E-state index contributed by atoms with van der Waals surface area (Å²) >= 11 is 0. The van der Waals surface area contributed by atoms with Crippen molar-refractivity contribution in [2.75, 3.05) is 6.54 Å². The number of nitriles is 1. The van der Waals surface area contributed by atoms with Crippen molar-refractivity contribution in [1.82, 2.24) is 15.1 Å². The van der Waals surface area contributed by atoms with Crippen molar-refractivity contribution >= 4 is 5.91 Å². The standard InChI is InChI=1S/C20H23F3N4O3/c1-13-17(14(2)27(26-13)11-3-10-24)8-9-19(29)25-12-18(28)15-4-6-16(7-5-15)30-20(21,22)23/h4-7,18,28H,3,8-9,11-12H2,1-2H3,(H,25,29). The van der Waals surface area contributed by atoms with Crippen LogP contribution in [-0.4, -0.2) is 33.7 Å². The molecule has 30 heavy (non-hydrogen) atoms. The predicted molar refractivity (Wildman–Crippen MR) is 101 cm³/mol. The van der Waals surface area contributed by atoms with E-state index >= 15 is 0 Å². The monoisotopic (exact) mass is 424 g/mol. The maximum absolute atomic E-state index is 12.2. The first-order valence-corrected chi connectivity index (χ1v) is 9.31. The van der Waals surface area contributed by atoms with Gasteiger partial charge in [-0.05, 0) is 43.5 Å². The summed E-state index contributed by atoms with van der Waals surface area (Å²) in [5.41, 5.74) is 3.02. The number of aromatic nitrogens is 2. The maximum Gasteiger partial charge on any atom is 0.573 e. The molecule has 7 nitrogen and oxygen atoms in total. The highest BCUT2D eigenvalue weighted by Crippen LogP contribution is 2.24. The zero-order valence-corrected chi connectivity index (χ0v) is 16.7. The molecule has 1 aromatic heterocycles. The summed E-state index contributed by atoms with van der Waals surface area (Å²) < 4.78 is 42.1. The molecular weight excluding hydrogens is 401 g/mol. The van der Waals surface area contributed by atoms with Crippen molar-refractivity contribution in [3.05, 3.63) is 46.8 Å². The number of carbonyl (C=O) groups excluding carboxylic acids is 1. The molecule has 1 unspecified atom stereocenters. The first kappa shape index (κ1) is 23.2. The summed E-state index contributed by atoms with van der Waals surface area (Å²) in [5.74, 6) is -0.654. The lowest BCUT2D eigenvalue weighted by molar-refractivity contribution is -0.274. The third kappa shape index (κ3) is 6.77. The molecule has 2 aromatic rings. The molecule has 0 saturated heterocycles. The van der Waals surface area contributed by atoms with Gasteiger partial charge in [-0.1, -0.05) is 12.1 Å². The molecule has 0 bridgehead atoms. The first-order valence-electron chi connectivity index (χ1n) is 9.31. The lowest BCUT2D eigenvalue weighted by atomic mass is 10.1. The van der Waals surface area contributed by atoms with Gasteiger partial charge >= 0.3 is 6.36 Å². The van der Waals surface area contributed by atoms with Crippen LogP contribution in [0.1, 0.15) is 41.5 Å². The Bertz CT molecular complexity index is 902. The molecule has 0 saturated carbocycles. The van der Waals surface area contributed by atoms with Gasteiger partial charge in [0.25, 0.3) is 0 Å². The fraction of sp³-hybridized carbons (Fsp3) is 0.450. The number of halogens is 3. The van der Waals surface area contributed by atoms with Crippen molar-refractivity contribution in [2.24, 2.45) is 0 Å². The van der Waals surface area contributed by atoms with E-state index in [0.717, 1.165) is 29.1 Å². The molecule has 1 aromatic carbocycles. The van der Waals surface area contributed by atoms with E-state index in [9.17, 15) is 23.1 Å². The number of nitrogens with one attached hydrogen (secondary N) is 1. The van der Waals surface area contributed by atoms with E-state index in [4.69, 9.17) is 5.26 Å². The van der Waals surface area contributed by atoms with Crippen LogP contribution < -0.4 is 10.1 Å². The molecule has 10 heteroatoms. The van der Waals surface area contributed by atoms with Crippen molar-refractivity contribution in [1.29, 1.82) is 5.26 Å². The van der Waals surface area contributed by atoms with Gasteiger partial charge in [-0.25, -0.2) is 0 Å². The molecule has 0 aliphatic heterocycles. The van der Waals surface area contributed by atoms with Crippen molar-refractivity contribution in [3.63, 3.8) is 0 Å². The number of aryl methyl sites for hydroxylation is 2. The zero-order chi connectivity index (χ0) is 22.3.